The molecule has 2 atom stereocenters. The molecular weight excluding hydrogens is 380 g/mol. The van der Waals surface area contributed by atoms with Crippen LogP contribution >= 0.6 is 0 Å². The van der Waals surface area contributed by atoms with Gasteiger partial charge in [-0.3, -0.25) is 4.90 Å². The Morgan fingerprint density at radius 2 is 1.87 bits per heavy atom. The molecule has 2 aromatic carbocycles. The summed E-state index contributed by atoms with van der Waals surface area (Å²) < 4.78 is 11.4. The number of alkyl carbamates (subject to hydrolysis) is 1. The van der Waals surface area contributed by atoms with Crippen molar-refractivity contribution in [2.45, 2.75) is 30.3 Å². The van der Waals surface area contributed by atoms with E-state index in [1.165, 1.54) is 22.3 Å². The van der Waals surface area contributed by atoms with Crippen LogP contribution in [0.4, 0.5) is 4.79 Å². The van der Waals surface area contributed by atoms with Crippen molar-refractivity contribution in [3.63, 3.8) is 0 Å². The van der Waals surface area contributed by atoms with E-state index in [-0.39, 0.29) is 19.1 Å². The lowest BCUT2D eigenvalue weighted by Gasteiger charge is -2.47. The Balaban J connectivity index is 1.24. The summed E-state index contributed by atoms with van der Waals surface area (Å²) in [6.07, 6.45) is 1.72. The third-order valence-corrected chi connectivity index (χ3v) is 6.87. The highest BCUT2D eigenvalue weighted by atomic mass is 16.5. The molecule has 158 valence electrons. The number of carbonyl (C=O) groups excluding carboxylic acids is 1. The summed E-state index contributed by atoms with van der Waals surface area (Å²) in [7, 11) is 0. The van der Waals surface area contributed by atoms with Crippen LogP contribution in [-0.2, 0) is 9.47 Å². The Morgan fingerprint density at radius 3 is 2.57 bits per heavy atom. The fourth-order valence-corrected chi connectivity index (χ4v) is 5.33. The van der Waals surface area contributed by atoms with E-state index < -0.39 is 11.6 Å². The summed E-state index contributed by atoms with van der Waals surface area (Å²) in [6, 6.07) is 16.9. The number of benzene rings is 2. The summed E-state index contributed by atoms with van der Waals surface area (Å²) in [4.78, 5) is 14.8. The van der Waals surface area contributed by atoms with Crippen LogP contribution in [0.25, 0.3) is 11.1 Å². The molecule has 2 aliphatic heterocycles. The minimum Gasteiger partial charge on any atom is -0.449 e. The van der Waals surface area contributed by atoms with Crippen LogP contribution in [0.3, 0.4) is 0 Å². The van der Waals surface area contributed by atoms with Gasteiger partial charge in [-0.1, -0.05) is 48.5 Å². The predicted octanol–water partition coefficient (Wildman–Crippen LogP) is 2.75. The molecule has 6 heteroatoms. The molecule has 1 aliphatic carbocycles. The molecule has 2 N–H and O–H groups in total. The maximum atomic E-state index is 12.5. The predicted molar refractivity (Wildman–Crippen MR) is 113 cm³/mol. The van der Waals surface area contributed by atoms with Gasteiger partial charge in [-0.05, 0) is 41.6 Å². The molecule has 5 rings (SSSR count). The van der Waals surface area contributed by atoms with E-state index in [0.717, 1.165) is 19.4 Å². The number of nitrogens with zero attached hydrogens (tertiary/aromatic N) is 1. The molecule has 0 radical (unpaired) electrons. The minimum absolute atomic E-state index is 0.0379. The fraction of sp³-hybridized carbons (Fsp3) is 0.458. The Bertz CT molecular complexity index is 887. The van der Waals surface area contributed by atoms with Gasteiger partial charge >= 0.3 is 6.09 Å². The topological polar surface area (TPSA) is 71.0 Å². The molecule has 0 saturated carbocycles. The van der Waals surface area contributed by atoms with Crippen molar-refractivity contribution in [2.24, 2.45) is 0 Å². The standard InChI is InChI=1S/C24H28N2O4/c27-15-24(16-29-12-17-6-5-11-26(17)24)14-25-23(28)30-13-22-20-9-3-1-7-18(20)19-8-2-4-10-21(19)22/h1-4,7-10,17,22,27H,5-6,11-16H2,(H,25,28)/t17-,24+/m1/s1. The lowest BCUT2D eigenvalue weighted by atomic mass is 9.96. The zero-order chi connectivity index (χ0) is 20.6. The van der Waals surface area contributed by atoms with Crippen LogP contribution < -0.4 is 5.32 Å². The van der Waals surface area contributed by atoms with E-state index in [9.17, 15) is 9.90 Å². The van der Waals surface area contributed by atoms with Gasteiger partial charge in [0.25, 0.3) is 0 Å². The van der Waals surface area contributed by atoms with Gasteiger partial charge in [-0.15, -0.1) is 0 Å². The highest BCUT2D eigenvalue weighted by Crippen LogP contribution is 2.44. The maximum Gasteiger partial charge on any atom is 0.407 e. The molecule has 0 unspecified atom stereocenters. The van der Waals surface area contributed by atoms with Crippen molar-refractivity contribution in [3.8, 4) is 11.1 Å². The van der Waals surface area contributed by atoms with Crippen molar-refractivity contribution < 1.29 is 19.4 Å². The van der Waals surface area contributed by atoms with Gasteiger partial charge in [0.15, 0.2) is 0 Å². The number of amides is 1. The summed E-state index contributed by atoms with van der Waals surface area (Å²) >= 11 is 0. The van der Waals surface area contributed by atoms with Gasteiger partial charge in [0.2, 0.25) is 0 Å². The number of fused-ring (bicyclic) bond motifs is 4. The highest BCUT2D eigenvalue weighted by molar-refractivity contribution is 5.79. The van der Waals surface area contributed by atoms with Gasteiger partial charge in [0, 0.05) is 18.5 Å². The molecule has 1 amide bonds. The molecule has 6 nitrogen and oxygen atoms in total. The van der Waals surface area contributed by atoms with E-state index >= 15 is 0 Å². The fourth-order valence-electron chi connectivity index (χ4n) is 5.33. The SMILES string of the molecule is O=C(NC[C@]1(CO)COC[C@H]2CCCN21)OCC1c2ccccc2-c2ccccc21. The number of aliphatic hydroxyl groups is 1. The van der Waals surface area contributed by atoms with Gasteiger partial charge in [-0.25, -0.2) is 4.79 Å². The third-order valence-electron chi connectivity index (χ3n) is 6.87. The normalized spacial score (nSPS) is 25.4. The molecule has 2 heterocycles. The number of morpholine rings is 1. The minimum atomic E-state index is -0.564. The van der Waals surface area contributed by atoms with Gasteiger partial charge in [-0.2, -0.15) is 0 Å². The first-order valence-electron chi connectivity index (χ1n) is 10.8. The smallest absolute Gasteiger partial charge is 0.407 e. The summed E-state index contributed by atoms with van der Waals surface area (Å²) in [6.45, 7) is 2.61. The number of carbonyl (C=O) groups is 1. The third kappa shape index (κ3) is 3.29. The number of aliphatic hydroxyl groups excluding tert-OH is 1. The van der Waals surface area contributed by atoms with Crippen molar-refractivity contribution in [1.29, 1.82) is 0 Å². The van der Waals surface area contributed by atoms with Gasteiger partial charge < -0.3 is 19.9 Å². The van der Waals surface area contributed by atoms with Crippen LogP contribution in [0.2, 0.25) is 0 Å². The average Bonchev–Trinajstić information content (AvgIpc) is 3.40. The van der Waals surface area contributed by atoms with E-state index in [0.29, 0.717) is 25.8 Å². The van der Waals surface area contributed by atoms with Crippen LogP contribution in [0, 0.1) is 0 Å². The molecule has 2 fully saturated rings. The second kappa shape index (κ2) is 8.02. The van der Waals surface area contributed by atoms with Crippen molar-refractivity contribution in [1.82, 2.24) is 10.2 Å². The first kappa shape index (κ1) is 19.5. The lowest BCUT2D eigenvalue weighted by molar-refractivity contribution is -0.106. The van der Waals surface area contributed by atoms with Crippen molar-refractivity contribution in [3.05, 3.63) is 59.7 Å². The molecule has 30 heavy (non-hydrogen) atoms. The second-order valence-corrected chi connectivity index (χ2v) is 8.57. The Morgan fingerprint density at radius 1 is 1.17 bits per heavy atom. The second-order valence-electron chi connectivity index (χ2n) is 8.57. The summed E-state index contributed by atoms with van der Waals surface area (Å²) in [5, 5.41) is 13.0. The zero-order valence-corrected chi connectivity index (χ0v) is 17.0. The average molecular weight is 408 g/mol. The number of hydrogen-bond acceptors (Lipinski definition) is 5. The summed E-state index contributed by atoms with van der Waals surface area (Å²) in [5.74, 6) is 0.0379. The van der Waals surface area contributed by atoms with E-state index in [1.54, 1.807) is 0 Å². The van der Waals surface area contributed by atoms with Crippen LogP contribution in [0.1, 0.15) is 29.9 Å². The van der Waals surface area contributed by atoms with Crippen LogP contribution in [0.5, 0.6) is 0 Å². The van der Waals surface area contributed by atoms with E-state index in [4.69, 9.17) is 9.47 Å². The molecule has 3 aliphatic rings. The van der Waals surface area contributed by atoms with Crippen LogP contribution in [-0.4, -0.2) is 67.2 Å². The Kier molecular flexibility index (Phi) is 5.23. The molecule has 2 saturated heterocycles. The quantitative estimate of drug-likeness (QED) is 0.796. The number of ether oxygens (including phenoxy) is 2. The molecule has 0 bridgehead atoms. The molecular formula is C24H28N2O4. The Labute approximate surface area is 176 Å². The summed E-state index contributed by atoms with van der Waals surface area (Å²) in [5.41, 5.74) is 4.24. The maximum absolute atomic E-state index is 12.5. The monoisotopic (exact) mass is 408 g/mol. The van der Waals surface area contributed by atoms with Crippen molar-refractivity contribution in [2.75, 3.05) is 39.5 Å². The Hall–Kier alpha value is -2.41. The van der Waals surface area contributed by atoms with Crippen molar-refractivity contribution >= 4 is 6.09 Å². The lowest BCUT2D eigenvalue weighted by Crippen LogP contribution is -2.65. The number of nitrogens with one attached hydrogen (secondary N) is 1. The number of rotatable bonds is 5. The van der Waals surface area contributed by atoms with E-state index in [1.807, 2.05) is 24.3 Å². The number of hydrogen-bond donors (Lipinski definition) is 2. The zero-order valence-electron chi connectivity index (χ0n) is 17.0. The molecule has 0 spiro atoms. The molecule has 2 aromatic rings. The highest BCUT2D eigenvalue weighted by Gasteiger charge is 2.46. The van der Waals surface area contributed by atoms with Gasteiger partial charge in [0.1, 0.15) is 6.61 Å². The molecule has 0 aromatic heterocycles. The van der Waals surface area contributed by atoms with E-state index in [2.05, 4.69) is 34.5 Å². The first-order valence-corrected chi connectivity index (χ1v) is 10.8. The first-order chi connectivity index (χ1) is 14.7. The van der Waals surface area contributed by atoms with Gasteiger partial charge in [0.05, 0.1) is 25.4 Å². The van der Waals surface area contributed by atoms with Crippen LogP contribution in [0.15, 0.2) is 48.5 Å². The largest absolute Gasteiger partial charge is 0.449 e.